The van der Waals surface area contributed by atoms with E-state index in [-0.39, 0.29) is 12.1 Å². The summed E-state index contributed by atoms with van der Waals surface area (Å²) in [5.41, 5.74) is -0.328. The number of phenolic OH excluding ortho intramolecular Hbond substituents is 2. The van der Waals surface area contributed by atoms with Crippen LogP contribution < -0.4 is 10.6 Å². The minimum Gasteiger partial charge on any atom is -0.506 e. The molecule has 0 spiro atoms. The smallest absolute Gasteiger partial charge is 0.343 e. The zero-order valence-electron chi connectivity index (χ0n) is 18.9. The highest BCUT2D eigenvalue weighted by Crippen LogP contribution is 2.51. The summed E-state index contributed by atoms with van der Waals surface area (Å²) in [6.07, 6.45) is -0.526. The average Bonchev–Trinajstić information content (AvgIpc) is 2.82. The molecule has 3 aromatic carbocycles. The first-order valence-electron chi connectivity index (χ1n) is 10.5. The molecule has 0 fully saturated rings. The minimum atomic E-state index is -2.39. The van der Waals surface area contributed by atoms with Gasteiger partial charge in [0.1, 0.15) is 11.3 Å². The summed E-state index contributed by atoms with van der Waals surface area (Å²) >= 11 is 6.00. The van der Waals surface area contributed by atoms with Gasteiger partial charge in [-0.15, -0.1) is 0 Å². The zero-order valence-corrected chi connectivity index (χ0v) is 19.7. The minimum absolute atomic E-state index is 0.0259. The predicted octanol–water partition coefficient (Wildman–Crippen LogP) is 2.56. The Morgan fingerprint density at radius 1 is 1.00 bits per heavy atom. The van der Waals surface area contributed by atoms with Gasteiger partial charge in [0.2, 0.25) is 11.7 Å². The van der Waals surface area contributed by atoms with Crippen LogP contribution in [0.3, 0.4) is 0 Å². The van der Waals surface area contributed by atoms with Crippen LogP contribution in [0, 0.1) is 0 Å². The number of hydrogen-bond donors (Lipinski definition) is 9. The molecule has 12 heteroatoms. The van der Waals surface area contributed by atoms with E-state index in [1.165, 1.54) is 31.4 Å². The number of carboxylic acids is 1. The van der Waals surface area contributed by atoms with Crippen molar-refractivity contribution in [2.45, 2.75) is 12.0 Å². The number of hydrogen-bond acceptors (Lipinski definition) is 10. The summed E-state index contributed by atoms with van der Waals surface area (Å²) in [7, 11) is 1.47. The number of aromatic hydroxyl groups is 4. The monoisotopic (exact) mass is 520 g/mol. The number of carbonyl (C=O) groups is 1. The lowest BCUT2D eigenvalue weighted by Gasteiger charge is -2.27. The molecule has 0 bridgehead atoms. The molecule has 3 aromatic rings. The molecule has 0 aliphatic carbocycles. The largest absolute Gasteiger partial charge is 0.506 e. The number of phenols is 4. The molecule has 11 nitrogen and oxygen atoms in total. The summed E-state index contributed by atoms with van der Waals surface area (Å²) in [6, 6.07) is 12.7. The lowest BCUT2D eigenvalue weighted by molar-refractivity contribution is -0.177. The molecule has 1 atom stereocenters. The fourth-order valence-electron chi connectivity index (χ4n) is 3.55. The Bertz CT molecular complexity index is 1270. The lowest BCUT2D eigenvalue weighted by Crippen LogP contribution is -2.52. The van der Waals surface area contributed by atoms with E-state index in [0.717, 1.165) is 5.56 Å². The van der Waals surface area contributed by atoms with Crippen LogP contribution in [-0.2, 0) is 4.74 Å². The number of ether oxygens (including phenoxy) is 1. The van der Waals surface area contributed by atoms with Crippen molar-refractivity contribution < 1.29 is 45.3 Å². The quantitative estimate of drug-likeness (QED) is 0.108. The van der Waals surface area contributed by atoms with Crippen molar-refractivity contribution in [3.05, 3.63) is 64.7 Å². The Hall–Kier alpha value is -3.74. The van der Waals surface area contributed by atoms with Gasteiger partial charge in [-0.3, -0.25) is 5.32 Å². The van der Waals surface area contributed by atoms with Crippen LogP contribution in [0.5, 0.6) is 23.0 Å². The van der Waals surface area contributed by atoms with E-state index in [2.05, 4.69) is 10.6 Å². The van der Waals surface area contributed by atoms with Crippen LogP contribution in [-0.4, -0.2) is 67.8 Å². The molecular formula is C24H25ClN2O9. The Morgan fingerprint density at radius 2 is 1.69 bits per heavy atom. The van der Waals surface area contributed by atoms with Gasteiger partial charge in [-0.25, -0.2) is 4.79 Å². The average molecular weight is 521 g/mol. The molecule has 0 amide bonds. The Labute approximate surface area is 210 Å². The third-order valence-electron chi connectivity index (χ3n) is 5.38. The lowest BCUT2D eigenvalue weighted by atomic mass is 9.98. The van der Waals surface area contributed by atoms with Crippen molar-refractivity contribution >= 4 is 23.3 Å². The van der Waals surface area contributed by atoms with Crippen molar-refractivity contribution in [2.24, 2.45) is 0 Å². The van der Waals surface area contributed by atoms with Gasteiger partial charge >= 0.3 is 5.97 Å². The van der Waals surface area contributed by atoms with E-state index in [1.807, 2.05) is 0 Å². The maximum atomic E-state index is 11.4. The van der Waals surface area contributed by atoms with Gasteiger partial charge in [-0.05, 0) is 35.4 Å². The molecule has 192 valence electrons. The standard InChI is InChI=1S/C24H25ClN2O9/c1-36-16(12-4-2-6-14(25)8-12)10-27-24(34,35)11-26-15-7-3-5-13(9-15)17-19(28)18(23(32)33)21(30)22(31)20(17)29/h2-9,16,26-31,34-35H,10-11H2,1H3,(H,32,33). The molecule has 1 unspecified atom stereocenters. The van der Waals surface area contributed by atoms with Gasteiger partial charge in [-0.1, -0.05) is 35.9 Å². The van der Waals surface area contributed by atoms with Crippen LogP contribution in [0.15, 0.2) is 48.5 Å². The van der Waals surface area contributed by atoms with Crippen LogP contribution in [0.25, 0.3) is 11.1 Å². The van der Waals surface area contributed by atoms with Gasteiger partial charge in [0.15, 0.2) is 11.5 Å². The molecule has 0 aliphatic rings. The molecule has 0 aliphatic heterocycles. The second-order valence-corrected chi connectivity index (χ2v) is 8.30. The van der Waals surface area contributed by atoms with Crippen LogP contribution in [0.1, 0.15) is 22.0 Å². The third kappa shape index (κ3) is 5.90. The Morgan fingerprint density at radius 3 is 2.33 bits per heavy atom. The summed E-state index contributed by atoms with van der Waals surface area (Å²) < 4.78 is 5.39. The SMILES string of the molecule is COC(CNC(O)(O)CNc1cccc(-c2c(O)c(O)c(O)c(C(=O)O)c2O)c1)c1cccc(Cl)c1. The van der Waals surface area contributed by atoms with E-state index in [9.17, 15) is 40.5 Å². The van der Waals surface area contributed by atoms with Crippen molar-refractivity contribution in [2.75, 3.05) is 25.5 Å². The first kappa shape index (κ1) is 26.9. The number of benzene rings is 3. The molecule has 0 heterocycles. The van der Waals surface area contributed by atoms with Crippen molar-refractivity contribution in [1.29, 1.82) is 0 Å². The first-order valence-corrected chi connectivity index (χ1v) is 10.9. The summed E-state index contributed by atoms with van der Waals surface area (Å²) in [5.74, 6) is -8.29. The number of aromatic carboxylic acids is 1. The number of rotatable bonds is 10. The second-order valence-electron chi connectivity index (χ2n) is 7.86. The predicted molar refractivity (Wildman–Crippen MR) is 130 cm³/mol. The highest BCUT2D eigenvalue weighted by Gasteiger charge is 2.29. The van der Waals surface area contributed by atoms with Gasteiger partial charge in [0.05, 0.1) is 18.2 Å². The highest BCUT2D eigenvalue weighted by atomic mass is 35.5. The third-order valence-corrected chi connectivity index (χ3v) is 5.61. The van der Waals surface area contributed by atoms with Gasteiger partial charge in [0.25, 0.3) is 0 Å². The Balaban J connectivity index is 1.76. The van der Waals surface area contributed by atoms with E-state index in [1.54, 1.807) is 24.3 Å². The zero-order chi connectivity index (χ0) is 26.6. The summed E-state index contributed by atoms with van der Waals surface area (Å²) in [5, 5.41) is 76.1. The number of carboxylic acid groups (broad SMARTS) is 1. The van der Waals surface area contributed by atoms with E-state index < -0.39 is 58.7 Å². The fraction of sp³-hybridized carbons (Fsp3) is 0.208. The van der Waals surface area contributed by atoms with Crippen LogP contribution in [0.2, 0.25) is 5.02 Å². The maximum Gasteiger partial charge on any atom is 0.343 e. The fourth-order valence-corrected chi connectivity index (χ4v) is 3.75. The summed E-state index contributed by atoms with van der Waals surface area (Å²) in [4.78, 5) is 11.4. The van der Waals surface area contributed by atoms with Crippen molar-refractivity contribution in [3.8, 4) is 34.1 Å². The van der Waals surface area contributed by atoms with Crippen molar-refractivity contribution in [1.82, 2.24) is 5.32 Å². The molecule has 36 heavy (non-hydrogen) atoms. The van der Waals surface area contributed by atoms with Gasteiger partial charge in [0, 0.05) is 24.4 Å². The number of methoxy groups -OCH3 is 1. The topological polar surface area (TPSA) is 192 Å². The molecule has 0 saturated carbocycles. The normalized spacial score (nSPS) is 12.3. The Kier molecular flexibility index (Phi) is 8.13. The van der Waals surface area contributed by atoms with E-state index >= 15 is 0 Å². The van der Waals surface area contributed by atoms with E-state index in [0.29, 0.717) is 10.7 Å². The maximum absolute atomic E-state index is 11.4. The molecule has 0 saturated heterocycles. The molecule has 9 N–H and O–H groups in total. The highest BCUT2D eigenvalue weighted by molar-refractivity contribution is 6.30. The molecule has 0 radical (unpaired) electrons. The van der Waals surface area contributed by atoms with Crippen LogP contribution in [0.4, 0.5) is 5.69 Å². The summed E-state index contributed by atoms with van der Waals surface area (Å²) in [6.45, 7) is -0.389. The first-order chi connectivity index (χ1) is 16.9. The molecule has 0 aromatic heterocycles. The number of anilines is 1. The van der Waals surface area contributed by atoms with Crippen LogP contribution >= 0.6 is 11.6 Å². The number of nitrogens with one attached hydrogen (secondary N) is 2. The molecule has 3 rings (SSSR count). The van der Waals surface area contributed by atoms with Gasteiger partial charge in [-0.2, -0.15) is 0 Å². The number of aliphatic hydroxyl groups is 2. The number of halogens is 1. The molecular weight excluding hydrogens is 496 g/mol. The van der Waals surface area contributed by atoms with Crippen molar-refractivity contribution in [3.63, 3.8) is 0 Å². The second kappa shape index (κ2) is 10.9. The van der Waals surface area contributed by atoms with E-state index in [4.69, 9.17) is 16.3 Å². The van der Waals surface area contributed by atoms with Gasteiger partial charge < -0.3 is 45.8 Å².